The summed E-state index contributed by atoms with van der Waals surface area (Å²) in [6, 6.07) is 7.31. The third-order valence-corrected chi connectivity index (χ3v) is 3.61. The van der Waals surface area contributed by atoms with E-state index < -0.39 is 0 Å². The van der Waals surface area contributed by atoms with Crippen LogP contribution in [0, 0.1) is 5.92 Å². The molecule has 116 valence electrons. The molecule has 0 aromatic heterocycles. The number of amides is 1. The van der Waals surface area contributed by atoms with Crippen LogP contribution in [0.5, 0.6) is 11.5 Å². The Morgan fingerprint density at radius 1 is 1.29 bits per heavy atom. The van der Waals surface area contributed by atoms with Crippen molar-refractivity contribution in [3.8, 4) is 11.5 Å². The van der Waals surface area contributed by atoms with E-state index in [-0.39, 0.29) is 18.6 Å². The second kappa shape index (κ2) is 7.88. The van der Waals surface area contributed by atoms with Crippen LogP contribution in [-0.4, -0.2) is 36.9 Å². The van der Waals surface area contributed by atoms with E-state index in [4.69, 9.17) is 9.47 Å². The van der Waals surface area contributed by atoms with Crippen molar-refractivity contribution in [2.75, 3.05) is 19.8 Å². The van der Waals surface area contributed by atoms with Gasteiger partial charge < -0.3 is 19.9 Å². The van der Waals surface area contributed by atoms with E-state index in [0.717, 1.165) is 19.3 Å². The second-order valence-corrected chi connectivity index (χ2v) is 5.31. The maximum Gasteiger partial charge on any atom is 0.257 e. The molecular formula is C16H23NO4. The Kier molecular flexibility index (Phi) is 5.87. The molecule has 2 rings (SSSR count). The van der Waals surface area contributed by atoms with Gasteiger partial charge >= 0.3 is 0 Å². The number of hydrogen-bond donors (Lipinski definition) is 2. The maximum absolute atomic E-state index is 11.8. The summed E-state index contributed by atoms with van der Waals surface area (Å²) in [4.78, 5) is 11.8. The number of aliphatic hydroxyl groups is 1. The molecule has 5 heteroatoms. The second-order valence-electron chi connectivity index (χ2n) is 5.31. The van der Waals surface area contributed by atoms with Crippen LogP contribution in [0.3, 0.4) is 0 Å². The molecule has 0 radical (unpaired) electrons. The molecule has 2 atom stereocenters. The van der Waals surface area contributed by atoms with Gasteiger partial charge in [-0.05, 0) is 44.2 Å². The average molecular weight is 293 g/mol. The normalized spacial score (nSPS) is 21.0. The molecule has 1 fully saturated rings. The fourth-order valence-corrected chi connectivity index (χ4v) is 2.53. The zero-order valence-corrected chi connectivity index (χ0v) is 12.4. The Bertz CT molecular complexity index is 463. The van der Waals surface area contributed by atoms with Gasteiger partial charge in [0.05, 0.1) is 12.7 Å². The number of hydrogen-bond acceptors (Lipinski definition) is 4. The molecular weight excluding hydrogens is 270 g/mol. The van der Waals surface area contributed by atoms with Crippen LogP contribution in [0.2, 0.25) is 0 Å². The first kappa shape index (κ1) is 15.6. The van der Waals surface area contributed by atoms with Crippen LogP contribution in [0.4, 0.5) is 0 Å². The molecule has 0 aliphatic heterocycles. The number of para-hydroxylation sites is 2. The Hall–Kier alpha value is -1.75. The summed E-state index contributed by atoms with van der Waals surface area (Å²) in [6.45, 7) is 3.03. The van der Waals surface area contributed by atoms with Crippen LogP contribution < -0.4 is 14.8 Å². The number of carbonyl (C=O) groups excluding carboxylic acids is 1. The minimum Gasteiger partial charge on any atom is -0.490 e. The third-order valence-electron chi connectivity index (χ3n) is 3.61. The Balaban J connectivity index is 1.73. The van der Waals surface area contributed by atoms with E-state index in [9.17, 15) is 9.90 Å². The molecule has 0 spiro atoms. The van der Waals surface area contributed by atoms with E-state index in [1.165, 1.54) is 0 Å². The molecule has 1 saturated carbocycles. The minimum absolute atomic E-state index is 0.0284. The van der Waals surface area contributed by atoms with E-state index in [0.29, 0.717) is 30.6 Å². The van der Waals surface area contributed by atoms with E-state index in [2.05, 4.69) is 5.32 Å². The molecule has 1 aliphatic carbocycles. The first-order valence-electron chi connectivity index (χ1n) is 7.48. The summed E-state index contributed by atoms with van der Waals surface area (Å²) in [7, 11) is 0. The van der Waals surface area contributed by atoms with Crippen molar-refractivity contribution in [2.45, 2.75) is 32.3 Å². The molecule has 1 aromatic rings. The fraction of sp³-hybridized carbons (Fsp3) is 0.562. The molecule has 2 unspecified atom stereocenters. The van der Waals surface area contributed by atoms with Crippen LogP contribution >= 0.6 is 0 Å². The highest BCUT2D eigenvalue weighted by Crippen LogP contribution is 2.26. The molecule has 5 nitrogen and oxygen atoms in total. The van der Waals surface area contributed by atoms with Crippen molar-refractivity contribution in [2.24, 2.45) is 5.92 Å². The highest BCUT2D eigenvalue weighted by molar-refractivity contribution is 5.77. The monoisotopic (exact) mass is 293 g/mol. The SMILES string of the molecule is CCOc1ccccc1OCC(=O)NCC1CCC(O)C1. The van der Waals surface area contributed by atoms with Gasteiger partial charge in [0.1, 0.15) is 0 Å². The largest absolute Gasteiger partial charge is 0.490 e. The van der Waals surface area contributed by atoms with Crippen molar-refractivity contribution in [1.29, 1.82) is 0 Å². The summed E-state index contributed by atoms with van der Waals surface area (Å²) in [5.41, 5.74) is 0. The number of ether oxygens (including phenoxy) is 2. The number of rotatable bonds is 7. The number of benzene rings is 1. The first-order chi connectivity index (χ1) is 10.2. The van der Waals surface area contributed by atoms with Crippen LogP contribution in [0.1, 0.15) is 26.2 Å². The molecule has 0 bridgehead atoms. The smallest absolute Gasteiger partial charge is 0.257 e. The van der Waals surface area contributed by atoms with Crippen LogP contribution in [-0.2, 0) is 4.79 Å². The Morgan fingerprint density at radius 3 is 2.62 bits per heavy atom. The van der Waals surface area contributed by atoms with Gasteiger partial charge in [-0.3, -0.25) is 4.79 Å². The zero-order valence-electron chi connectivity index (χ0n) is 12.4. The molecule has 1 aromatic carbocycles. The van der Waals surface area contributed by atoms with Gasteiger partial charge in [-0.25, -0.2) is 0 Å². The zero-order chi connectivity index (χ0) is 15.1. The fourth-order valence-electron chi connectivity index (χ4n) is 2.53. The standard InChI is InChI=1S/C16H23NO4/c1-2-20-14-5-3-4-6-15(14)21-11-16(19)17-10-12-7-8-13(18)9-12/h3-6,12-13,18H,2,7-11H2,1H3,(H,17,19). The highest BCUT2D eigenvalue weighted by atomic mass is 16.5. The van der Waals surface area contributed by atoms with Crippen molar-refractivity contribution in [3.05, 3.63) is 24.3 Å². The quantitative estimate of drug-likeness (QED) is 0.803. The molecule has 0 heterocycles. The lowest BCUT2D eigenvalue weighted by atomic mass is 10.1. The van der Waals surface area contributed by atoms with Gasteiger partial charge in [0.25, 0.3) is 5.91 Å². The van der Waals surface area contributed by atoms with Crippen molar-refractivity contribution in [3.63, 3.8) is 0 Å². The third kappa shape index (κ3) is 4.93. The van der Waals surface area contributed by atoms with Gasteiger partial charge in [-0.2, -0.15) is 0 Å². The lowest BCUT2D eigenvalue weighted by Crippen LogP contribution is -2.32. The lowest BCUT2D eigenvalue weighted by molar-refractivity contribution is -0.123. The highest BCUT2D eigenvalue weighted by Gasteiger charge is 2.22. The predicted octanol–water partition coefficient (Wildman–Crippen LogP) is 1.74. The summed E-state index contributed by atoms with van der Waals surface area (Å²) < 4.78 is 10.9. The molecule has 2 N–H and O–H groups in total. The van der Waals surface area contributed by atoms with Crippen LogP contribution in [0.15, 0.2) is 24.3 Å². The summed E-state index contributed by atoms with van der Waals surface area (Å²) in [6.07, 6.45) is 2.36. The topological polar surface area (TPSA) is 67.8 Å². The number of aliphatic hydroxyl groups excluding tert-OH is 1. The lowest BCUT2D eigenvalue weighted by Gasteiger charge is -2.13. The van der Waals surface area contributed by atoms with E-state index >= 15 is 0 Å². The first-order valence-corrected chi connectivity index (χ1v) is 7.48. The Labute approximate surface area is 125 Å². The summed E-state index contributed by atoms with van der Waals surface area (Å²) in [5.74, 6) is 1.44. The van der Waals surface area contributed by atoms with Gasteiger partial charge in [0.15, 0.2) is 18.1 Å². The molecule has 1 aliphatic rings. The average Bonchev–Trinajstić information content (AvgIpc) is 2.90. The van der Waals surface area contributed by atoms with Crippen molar-refractivity contribution >= 4 is 5.91 Å². The molecule has 0 saturated heterocycles. The summed E-state index contributed by atoms with van der Waals surface area (Å²) >= 11 is 0. The van der Waals surface area contributed by atoms with Gasteiger partial charge in [-0.1, -0.05) is 12.1 Å². The van der Waals surface area contributed by atoms with Crippen LogP contribution in [0.25, 0.3) is 0 Å². The minimum atomic E-state index is -0.207. The van der Waals surface area contributed by atoms with E-state index in [1.807, 2.05) is 25.1 Å². The number of nitrogens with one attached hydrogen (secondary N) is 1. The predicted molar refractivity (Wildman–Crippen MR) is 79.5 cm³/mol. The molecule has 21 heavy (non-hydrogen) atoms. The van der Waals surface area contributed by atoms with Gasteiger partial charge in [-0.15, -0.1) is 0 Å². The molecule has 1 amide bonds. The Morgan fingerprint density at radius 2 is 2.00 bits per heavy atom. The number of carbonyl (C=O) groups is 1. The van der Waals surface area contributed by atoms with E-state index in [1.54, 1.807) is 6.07 Å². The van der Waals surface area contributed by atoms with Gasteiger partial charge in [0.2, 0.25) is 0 Å². The van der Waals surface area contributed by atoms with Gasteiger partial charge in [0, 0.05) is 6.54 Å². The maximum atomic E-state index is 11.8. The summed E-state index contributed by atoms with van der Waals surface area (Å²) in [5, 5.41) is 12.3. The van der Waals surface area contributed by atoms with Crippen molar-refractivity contribution in [1.82, 2.24) is 5.32 Å². The van der Waals surface area contributed by atoms with Crippen molar-refractivity contribution < 1.29 is 19.4 Å².